The molecule has 0 atom stereocenters. The fourth-order valence-electron chi connectivity index (χ4n) is 7.46. The topological polar surface area (TPSA) is 99.4 Å². The van der Waals surface area contributed by atoms with Crippen molar-refractivity contribution in [3.05, 3.63) is 0 Å². The first-order valence-corrected chi connectivity index (χ1v) is 28.8. The molecule has 0 heterocycles. The first kappa shape index (κ1) is 58.7. The van der Waals surface area contributed by atoms with Gasteiger partial charge in [-0.1, -0.05) is 129 Å². The van der Waals surface area contributed by atoms with Gasteiger partial charge < -0.3 is 13.9 Å². The van der Waals surface area contributed by atoms with E-state index in [0.717, 1.165) is 51.4 Å². The average molecular weight is 839 g/mol. The molecular formula is C48H104O6P2. The fourth-order valence-corrected chi connectivity index (χ4v) is 10.1. The Kier molecular flexibility index (Phi) is 48.9. The van der Waals surface area contributed by atoms with E-state index in [1.807, 2.05) is 0 Å². The molecule has 8 heteroatoms. The van der Waals surface area contributed by atoms with Crippen molar-refractivity contribution in [2.75, 3.05) is 25.5 Å². The van der Waals surface area contributed by atoms with Crippen LogP contribution in [-0.4, -0.2) is 45.1 Å². The summed E-state index contributed by atoms with van der Waals surface area (Å²) in [4.78, 5) is 40.6. The third-order valence-corrected chi connectivity index (χ3v) is 14.6. The molecule has 0 bridgehead atoms. The predicted molar refractivity (Wildman–Crippen MR) is 252 cm³/mol. The molecule has 6 nitrogen and oxygen atoms in total. The molecule has 0 saturated heterocycles. The van der Waals surface area contributed by atoms with Crippen LogP contribution in [0, 0.1) is 0 Å². The van der Waals surface area contributed by atoms with Gasteiger partial charge >= 0.3 is 185 Å². The molecule has 0 aliphatic heterocycles. The Morgan fingerprint density at radius 2 is 0.464 bits per heavy atom. The summed E-state index contributed by atoms with van der Waals surface area (Å²) in [6.07, 6.45) is 51.1. The van der Waals surface area contributed by atoms with Crippen molar-refractivity contribution in [3.63, 3.8) is 0 Å². The second kappa shape index (κ2) is 46.7. The van der Waals surface area contributed by atoms with Crippen LogP contribution < -0.4 is 0 Å². The Morgan fingerprint density at radius 3 is 0.679 bits per heavy atom. The number of unbranched alkanes of at least 4 members (excludes halogenated alkanes) is 36. The molecule has 0 aromatic rings. The molecule has 0 saturated carbocycles. The van der Waals surface area contributed by atoms with Crippen molar-refractivity contribution < 1.29 is 28.6 Å². The third-order valence-electron chi connectivity index (χ3n) is 11.3. The van der Waals surface area contributed by atoms with E-state index < -0.39 is 15.9 Å². The summed E-state index contributed by atoms with van der Waals surface area (Å²) in [5.74, 6) is 0. The zero-order chi connectivity index (χ0) is 41.6. The predicted octanol–water partition coefficient (Wildman–Crippen LogP) is 17.2. The van der Waals surface area contributed by atoms with Gasteiger partial charge in [0.2, 0.25) is 0 Å². The van der Waals surface area contributed by atoms with Crippen LogP contribution in [0.2, 0.25) is 0 Å². The summed E-state index contributed by atoms with van der Waals surface area (Å²) in [7, 11) is -6.01. The standard InChI is InChI=1S/C24H53O3P.C24H51O3P/c1-3-5-7-9-11-13-15-17-19-21-23-28(25,26,27)24-22-20-18-16-14-12-10-8-6-4-2;1-3-5-7-9-11-13-15-17-19-21-23-26-28(25)27-24-22-20-18-16-14-12-10-8-6-4-2/h25-27H,3-24H2,1-2H3;25H,3-24H2,1-2H3. The number of hydrogen-bond acceptors (Lipinski definition) is 6. The van der Waals surface area contributed by atoms with Crippen molar-refractivity contribution in [1.29, 1.82) is 0 Å². The van der Waals surface area contributed by atoms with E-state index in [0.29, 0.717) is 13.2 Å². The minimum atomic E-state index is -4.36. The van der Waals surface area contributed by atoms with E-state index in [-0.39, 0.29) is 12.3 Å². The summed E-state index contributed by atoms with van der Waals surface area (Å²) >= 11 is 0. The zero-order valence-electron chi connectivity index (χ0n) is 38.6. The first-order valence-electron chi connectivity index (χ1n) is 25.2. The summed E-state index contributed by atoms with van der Waals surface area (Å²) in [5.41, 5.74) is 0. The van der Waals surface area contributed by atoms with Gasteiger partial charge in [-0.25, -0.2) is 0 Å². The summed E-state index contributed by atoms with van der Waals surface area (Å²) < 4.78 is 10.8. The van der Waals surface area contributed by atoms with Gasteiger partial charge in [0, 0.05) is 0 Å². The summed E-state index contributed by atoms with van der Waals surface area (Å²) in [5, 5.41) is 0. The van der Waals surface area contributed by atoms with E-state index in [2.05, 4.69) is 27.7 Å². The molecule has 4 N–H and O–H groups in total. The van der Waals surface area contributed by atoms with Gasteiger partial charge in [0.15, 0.2) is 0 Å². The van der Waals surface area contributed by atoms with Gasteiger partial charge in [-0.3, -0.25) is 0 Å². The van der Waals surface area contributed by atoms with E-state index in [4.69, 9.17) is 9.05 Å². The van der Waals surface area contributed by atoms with Crippen molar-refractivity contribution in [2.24, 2.45) is 0 Å². The SMILES string of the molecule is CCCCCCCCCCCCOP(O)OCCCCCCCCCCCC.CCCCCCCCCCCCP(O)(O)(O)CCCCCCCCCCCC. The summed E-state index contributed by atoms with van der Waals surface area (Å²) in [6, 6.07) is 0. The molecule has 56 heavy (non-hydrogen) atoms. The second-order valence-corrected chi connectivity index (χ2v) is 22.0. The van der Waals surface area contributed by atoms with Gasteiger partial charge in [-0.15, -0.1) is 0 Å². The van der Waals surface area contributed by atoms with Crippen LogP contribution in [0.1, 0.15) is 285 Å². The van der Waals surface area contributed by atoms with Gasteiger partial charge in [0.1, 0.15) is 0 Å². The average Bonchev–Trinajstić information content (AvgIpc) is 3.17. The Balaban J connectivity index is 0. The van der Waals surface area contributed by atoms with Gasteiger partial charge in [0.05, 0.1) is 13.2 Å². The molecule has 0 radical (unpaired) electrons. The van der Waals surface area contributed by atoms with Crippen molar-refractivity contribution in [2.45, 2.75) is 285 Å². The normalized spacial score (nSPS) is 12.6. The van der Waals surface area contributed by atoms with E-state index in [1.54, 1.807) is 0 Å². The second-order valence-electron chi connectivity index (χ2n) is 17.4. The molecule has 0 rings (SSSR count). The fraction of sp³-hybridized carbons (Fsp3) is 1.00. The first-order chi connectivity index (χ1) is 27.2. The molecular weight excluding hydrogens is 734 g/mol. The van der Waals surface area contributed by atoms with Crippen molar-refractivity contribution in [3.8, 4) is 0 Å². The molecule has 0 fully saturated rings. The van der Waals surface area contributed by atoms with Gasteiger partial charge in [-0.05, 0) is 12.8 Å². The van der Waals surface area contributed by atoms with Gasteiger partial charge in [0.25, 0.3) is 0 Å². The van der Waals surface area contributed by atoms with Crippen LogP contribution in [0.25, 0.3) is 0 Å². The maximum atomic E-state index is 10.3. The van der Waals surface area contributed by atoms with Crippen LogP contribution >= 0.6 is 15.9 Å². The Hall–Kier alpha value is 0.620. The van der Waals surface area contributed by atoms with Crippen LogP contribution in [0.4, 0.5) is 0 Å². The molecule has 0 spiro atoms. The number of hydrogen-bond donors (Lipinski definition) is 4. The van der Waals surface area contributed by atoms with E-state index in [1.165, 1.54) is 205 Å². The van der Waals surface area contributed by atoms with Crippen LogP contribution in [0.3, 0.4) is 0 Å². The van der Waals surface area contributed by atoms with E-state index in [9.17, 15) is 19.6 Å². The minimum absolute atomic E-state index is 0.208. The van der Waals surface area contributed by atoms with Crippen molar-refractivity contribution in [1.82, 2.24) is 0 Å². The molecule has 0 aromatic heterocycles. The third kappa shape index (κ3) is 52.6. The molecule has 0 amide bonds. The Bertz CT molecular complexity index is 666. The quantitative estimate of drug-likeness (QED) is 0.0360. The van der Waals surface area contributed by atoms with Gasteiger partial charge in [-0.2, -0.15) is 0 Å². The van der Waals surface area contributed by atoms with E-state index >= 15 is 0 Å². The molecule has 0 aliphatic carbocycles. The van der Waals surface area contributed by atoms with Crippen LogP contribution in [-0.2, 0) is 9.05 Å². The molecule has 0 aliphatic rings. The summed E-state index contributed by atoms with van der Waals surface area (Å²) in [6.45, 7) is 10.3. The zero-order valence-corrected chi connectivity index (χ0v) is 40.4. The van der Waals surface area contributed by atoms with Crippen LogP contribution in [0.15, 0.2) is 0 Å². The Morgan fingerprint density at radius 1 is 0.286 bits per heavy atom. The number of rotatable bonds is 46. The Labute approximate surface area is 353 Å². The molecule has 0 unspecified atom stereocenters. The monoisotopic (exact) mass is 839 g/mol. The molecule has 342 valence electrons. The van der Waals surface area contributed by atoms with Crippen molar-refractivity contribution >= 4 is 15.9 Å². The maximum absolute atomic E-state index is 10.3. The molecule has 0 aromatic carbocycles. The van der Waals surface area contributed by atoms with Crippen LogP contribution in [0.5, 0.6) is 0 Å².